The van der Waals surface area contributed by atoms with Gasteiger partial charge in [0.15, 0.2) is 5.54 Å². The molecule has 2 aliphatic heterocycles. The number of fused-ring (bicyclic) bond motifs is 1. The number of benzene rings is 2. The summed E-state index contributed by atoms with van der Waals surface area (Å²) in [5.41, 5.74) is 0.973. The van der Waals surface area contributed by atoms with Crippen LogP contribution in [0, 0.1) is 5.92 Å². The van der Waals surface area contributed by atoms with Gasteiger partial charge < -0.3 is 20.2 Å². The number of aliphatic hydroxyl groups excluding tert-OH is 1. The number of nitrogens with one attached hydrogen (secondary N) is 1. The number of carbonyl (C=O) groups excluding carboxylic acids is 2. The molecular weight excluding hydrogens is 473 g/mol. The van der Waals surface area contributed by atoms with Crippen LogP contribution in [0.25, 0.3) is 0 Å². The van der Waals surface area contributed by atoms with Crippen molar-refractivity contribution in [2.45, 2.75) is 51.2 Å². The first-order chi connectivity index (χ1) is 16.2. The number of hydrogen-bond acceptors (Lipinski definition) is 3. The van der Waals surface area contributed by atoms with Crippen LogP contribution in [0.3, 0.4) is 0 Å². The summed E-state index contributed by atoms with van der Waals surface area (Å²) >= 11 is 12.5. The van der Waals surface area contributed by atoms with E-state index in [1.54, 1.807) is 28.0 Å². The van der Waals surface area contributed by atoms with Gasteiger partial charge in [-0.25, -0.2) is 4.79 Å². The van der Waals surface area contributed by atoms with Crippen LogP contribution in [0.5, 0.6) is 0 Å². The van der Waals surface area contributed by atoms with Crippen LogP contribution in [0.1, 0.15) is 44.2 Å². The number of piperidine rings is 1. The van der Waals surface area contributed by atoms with Crippen LogP contribution in [-0.4, -0.2) is 52.6 Å². The molecule has 1 fully saturated rings. The highest BCUT2D eigenvalue weighted by Crippen LogP contribution is 2.45. The Hall–Kier alpha value is -2.28. The molecule has 34 heavy (non-hydrogen) atoms. The number of likely N-dealkylation sites (tertiary alicyclic amines) is 1. The van der Waals surface area contributed by atoms with E-state index < -0.39 is 11.6 Å². The second-order valence-corrected chi connectivity index (χ2v) is 10.5. The standard InChI is InChI=1S/C26H31Cl2N3O3/c1-17(2)8-13-31(25(34)30-11-9-21(32)10-12-30)26(16-18-4-3-5-19(27)14-18)22-7-6-20(28)15-23(22)29-24(26)33/h3-7,14-15,17,21,32H,8-13,16H2,1-2H3,(H,29,33). The van der Waals surface area contributed by atoms with Gasteiger partial charge in [0.25, 0.3) is 5.91 Å². The van der Waals surface area contributed by atoms with Gasteiger partial charge in [0.2, 0.25) is 0 Å². The van der Waals surface area contributed by atoms with Gasteiger partial charge in [-0.3, -0.25) is 4.79 Å². The first-order valence-corrected chi connectivity index (χ1v) is 12.6. The van der Waals surface area contributed by atoms with Crippen molar-refractivity contribution >= 4 is 40.8 Å². The summed E-state index contributed by atoms with van der Waals surface area (Å²) in [7, 11) is 0. The van der Waals surface area contributed by atoms with E-state index in [1.807, 2.05) is 24.3 Å². The SMILES string of the molecule is CC(C)CCN(C(=O)N1CCC(O)CC1)C1(Cc2cccc(Cl)c2)C(=O)Nc2cc(Cl)ccc21. The number of hydrogen-bond donors (Lipinski definition) is 2. The Bertz CT molecular complexity index is 1070. The number of urea groups is 1. The van der Waals surface area contributed by atoms with Gasteiger partial charge in [-0.05, 0) is 55.0 Å². The van der Waals surface area contributed by atoms with Crippen molar-refractivity contribution in [2.24, 2.45) is 5.92 Å². The Morgan fingerprint density at radius 1 is 1.18 bits per heavy atom. The zero-order chi connectivity index (χ0) is 24.5. The summed E-state index contributed by atoms with van der Waals surface area (Å²) in [6.07, 6.45) is 1.70. The molecule has 0 aromatic heterocycles. The first kappa shape index (κ1) is 24.8. The van der Waals surface area contributed by atoms with Crippen LogP contribution in [0.4, 0.5) is 10.5 Å². The van der Waals surface area contributed by atoms with Gasteiger partial charge in [-0.1, -0.05) is 55.2 Å². The minimum atomic E-state index is -1.24. The Labute approximate surface area is 210 Å². The Kier molecular flexibility index (Phi) is 7.41. The molecule has 0 saturated carbocycles. The molecular formula is C26H31Cl2N3O3. The summed E-state index contributed by atoms with van der Waals surface area (Å²) < 4.78 is 0. The van der Waals surface area contributed by atoms with Gasteiger partial charge >= 0.3 is 6.03 Å². The lowest BCUT2D eigenvalue weighted by molar-refractivity contribution is -0.126. The van der Waals surface area contributed by atoms with Gasteiger partial charge in [0.05, 0.1) is 6.10 Å². The summed E-state index contributed by atoms with van der Waals surface area (Å²) in [6.45, 7) is 5.55. The van der Waals surface area contributed by atoms with E-state index in [0.29, 0.717) is 54.1 Å². The number of halogens is 2. The largest absolute Gasteiger partial charge is 0.393 e. The highest BCUT2D eigenvalue weighted by atomic mass is 35.5. The van der Waals surface area contributed by atoms with Gasteiger partial charge in [-0.2, -0.15) is 0 Å². The van der Waals surface area contributed by atoms with Gasteiger partial charge in [0, 0.05) is 47.4 Å². The highest BCUT2D eigenvalue weighted by Gasteiger charge is 2.54. The van der Waals surface area contributed by atoms with Crippen molar-refractivity contribution in [2.75, 3.05) is 25.0 Å². The number of aliphatic hydroxyl groups is 1. The molecule has 0 spiro atoms. The molecule has 182 valence electrons. The van der Waals surface area contributed by atoms with E-state index in [-0.39, 0.29) is 18.4 Å². The van der Waals surface area contributed by atoms with Crippen LogP contribution in [-0.2, 0) is 16.8 Å². The molecule has 1 atom stereocenters. The van der Waals surface area contributed by atoms with Crippen molar-refractivity contribution in [1.82, 2.24) is 9.80 Å². The topological polar surface area (TPSA) is 72.9 Å². The predicted molar refractivity (Wildman–Crippen MR) is 135 cm³/mol. The molecule has 1 saturated heterocycles. The van der Waals surface area contributed by atoms with E-state index in [9.17, 15) is 14.7 Å². The maximum absolute atomic E-state index is 14.0. The molecule has 2 N–H and O–H groups in total. The zero-order valence-electron chi connectivity index (χ0n) is 19.6. The smallest absolute Gasteiger partial charge is 0.321 e. The summed E-state index contributed by atoms with van der Waals surface area (Å²) in [4.78, 5) is 31.4. The van der Waals surface area contributed by atoms with Crippen LogP contribution in [0.2, 0.25) is 10.0 Å². The highest BCUT2D eigenvalue weighted by molar-refractivity contribution is 6.31. The lowest BCUT2D eigenvalue weighted by Crippen LogP contribution is -2.60. The fraction of sp³-hybridized carbons (Fsp3) is 0.462. The number of amides is 3. The number of carbonyl (C=O) groups is 2. The molecule has 0 radical (unpaired) electrons. The van der Waals surface area contributed by atoms with E-state index in [2.05, 4.69) is 19.2 Å². The Balaban J connectivity index is 1.83. The van der Waals surface area contributed by atoms with Crippen molar-refractivity contribution in [3.63, 3.8) is 0 Å². The average Bonchev–Trinajstić information content (AvgIpc) is 3.05. The van der Waals surface area contributed by atoms with Crippen molar-refractivity contribution in [3.05, 3.63) is 63.6 Å². The fourth-order valence-electron chi connectivity index (χ4n) is 4.87. The molecule has 2 aliphatic rings. The zero-order valence-corrected chi connectivity index (χ0v) is 21.1. The van der Waals surface area contributed by atoms with E-state index >= 15 is 0 Å². The maximum atomic E-state index is 14.0. The van der Waals surface area contributed by atoms with Crippen LogP contribution >= 0.6 is 23.2 Å². The minimum absolute atomic E-state index is 0.187. The summed E-state index contributed by atoms with van der Waals surface area (Å²) in [5.74, 6) is 0.0924. The molecule has 0 bridgehead atoms. The van der Waals surface area contributed by atoms with Crippen LogP contribution in [0.15, 0.2) is 42.5 Å². The minimum Gasteiger partial charge on any atom is -0.393 e. The van der Waals surface area contributed by atoms with Crippen molar-refractivity contribution in [1.29, 1.82) is 0 Å². The monoisotopic (exact) mass is 503 g/mol. The molecule has 1 unspecified atom stereocenters. The quantitative estimate of drug-likeness (QED) is 0.560. The normalized spacial score (nSPS) is 20.4. The maximum Gasteiger partial charge on any atom is 0.321 e. The molecule has 3 amide bonds. The first-order valence-electron chi connectivity index (χ1n) is 11.8. The second-order valence-electron chi connectivity index (χ2n) is 9.65. The van der Waals surface area contributed by atoms with E-state index in [4.69, 9.17) is 23.2 Å². The average molecular weight is 504 g/mol. The van der Waals surface area contributed by atoms with Crippen molar-refractivity contribution in [3.8, 4) is 0 Å². The molecule has 6 nitrogen and oxygen atoms in total. The number of rotatable bonds is 6. The van der Waals surface area contributed by atoms with Gasteiger partial charge in [-0.15, -0.1) is 0 Å². The molecule has 8 heteroatoms. The summed E-state index contributed by atoms with van der Waals surface area (Å²) in [6, 6.07) is 12.6. The van der Waals surface area contributed by atoms with Gasteiger partial charge in [0.1, 0.15) is 0 Å². The lowest BCUT2D eigenvalue weighted by atomic mass is 9.82. The Morgan fingerprint density at radius 2 is 1.88 bits per heavy atom. The molecule has 4 rings (SSSR count). The number of anilines is 1. The lowest BCUT2D eigenvalue weighted by Gasteiger charge is -2.44. The van der Waals surface area contributed by atoms with E-state index in [1.165, 1.54) is 0 Å². The third-order valence-corrected chi connectivity index (χ3v) is 7.23. The summed E-state index contributed by atoms with van der Waals surface area (Å²) in [5, 5.41) is 14.0. The fourth-order valence-corrected chi connectivity index (χ4v) is 5.26. The molecule has 2 heterocycles. The Morgan fingerprint density at radius 3 is 2.56 bits per heavy atom. The van der Waals surface area contributed by atoms with E-state index in [0.717, 1.165) is 17.5 Å². The molecule has 2 aromatic carbocycles. The van der Waals surface area contributed by atoms with Crippen molar-refractivity contribution < 1.29 is 14.7 Å². The third-order valence-electron chi connectivity index (χ3n) is 6.76. The third kappa shape index (κ3) is 4.90. The van der Waals surface area contributed by atoms with Crippen LogP contribution < -0.4 is 5.32 Å². The number of nitrogens with zero attached hydrogens (tertiary/aromatic N) is 2. The predicted octanol–water partition coefficient (Wildman–Crippen LogP) is 5.31. The second kappa shape index (κ2) is 10.1. The molecule has 0 aliphatic carbocycles. The molecule has 2 aromatic rings.